The maximum Gasteiger partial charge on any atom is 0.147 e. The molecule has 3 aliphatic heterocycles. The molecule has 80 valence electrons. The fourth-order valence-electron chi connectivity index (χ4n) is 1.79. The van der Waals surface area contributed by atoms with Crippen molar-refractivity contribution in [3.05, 3.63) is 12.4 Å². The molecule has 2 bridgehead atoms. The Hall–Kier alpha value is -0.740. The van der Waals surface area contributed by atoms with Gasteiger partial charge in [-0.2, -0.15) is 0 Å². The smallest absolute Gasteiger partial charge is 0.147 e. The minimum absolute atomic E-state index is 0.272. The molecule has 4 nitrogen and oxygen atoms in total. The second-order valence-electron chi connectivity index (χ2n) is 4.16. The van der Waals surface area contributed by atoms with Gasteiger partial charge in [-0.25, -0.2) is 0 Å². The number of ether oxygens (including phenoxy) is 1. The van der Waals surface area contributed by atoms with Crippen LogP contribution in [0.3, 0.4) is 0 Å². The van der Waals surface area contributed by atoms with E-state index in [-0.39, 0.29) is 6.23 Å². The lowest BCUT2D eigenvalue weighted by molar-refractivity contribution is -0.0846. The van der Waals surface area contributed by atoms with E-state index in [1.165, 1.54) is 0 Å². The van der Waals surface area contributed by atoms with Gasteiger partial charge in [0.25, 0.3) is 0 Å². The Morgan fingerprint density at radius 1 is 1.36 bits per heavy atom. The van der Waals surface area contributed by atoms with E-state index in [2.05, 4.69) is 41.2 Å². The molecule has 3 aliphatic rings. The first-order valence-corrected chi connectivity index (χ1v) is 5.20. The van der Waals surface area contributed by atoms with Gasteiger partial charge in [-0.05, 0) is 14.1 Å². The molecule has 14 heavy (non-hydrogen) atoms. The lowest BCUT2D eigenvalue weighted by Gasteiger charge is -2.44. The van der Waals surface area contributed by atoms with Crippen LogP contribution in [0.25, 0.3) is 0 Å². The Labute approximate surface area is 85.7 Å². The normalized spacial score (nSPS) is 25.2. The van der Waals surface area contributed by atoms with Crippen molar-refractivity contribution < 1.29 is 4.74 Å². The number of hydrogen-bond donors (Lipinski definition) is 0. The SMILES string of the molecule is CN(C)CCOC1CN2C=CN1CC2. The summed E-state index contributed by atoms with van der Waals surface area (Å²) in [4.78, 5) is 6.75. The Bertz CT molecular complexity index is 217. The third kappa shape index (κ3) is 2.19. The molecular formula is C10H19N3O. The molecule has 0 aromatic rings. The van der Waals surface area contributed by atoms with E-state index in [0.717, 1.165) is 32.8 Å². The molecule has 1 atom stereocenters. The third-order valence-corrected chi connectivity index (χ3v) is 2.72. The molecule has 0 amide bonds. The second-order valence-corrected chi connectivity index (χ2v) is 4.16. The number of fused-ring (bicyclic) bond motifs is 2. The van der Waals surface area contributed by atoms with Gasteiger partial charge in [-0.1, -0.05) is 0 Å². The van der Waals surface area contributed by atoms with Crippen molar-refractivity contribution in [2.75, 3.05) is 46.9 Å². The maximum atomic E-state index is 5.82. The largest absolute Gasteiger partial charge is 0.370 e. The first-order chi connectivity index (χ1) is 6.75. The van der Waals surface area contributed by atoms with E-state index in [9.17, 15) is 0 Å². The summed E-state index contributed by atoms with van der Waals surface area (Å²) < 4.78 is 5.82. The number of piperazine rings is 1. The molecule has 1 unspecified atom stereocenters. The van der Waals surface area contributed by atoms with Gasteiger partial charge in [0, 0.05) is 32.0 Å². The van der Waals surface area contributed by atoms with Crippen molar-refractivity contribution in [1.29, 1.82) is 0 Å². The number of nitrogens with zero attached hydrogens (tertiary/aromatic N) is 3. The van der Waals surface area contributed by atoms with Gasteiger partial charge in [0.2, 0.25) is 0 Å². The van der Waals surface area contributed by atoms with Crippen molar-refractivity contribution in [2.24, 2.45) is 0 Å². The summed E-state index contributed by atoms with van der Waals surface area (Å²) in [6.45, 7) is 5.07. The first kappa shape index (κ1) is 9.80. The van der Waals surface area contributed by atoms with Gasteiger partial charge in [0.05, 0.1) is 13.2 Å². The van der Waals surface area contributed by atoms with Gasteiger partial charge in [0.15, 0.2) is 0 Å². The molecule has 4 heteroatoms. The summed E-state index contributed by atoms with van der Waals surface area (Å²) in [5.41, 5.74) is 0. The molecule has 0 aliphatic carbocycles. The fraction of sp³-hybridized carbons (Fsp3) is 0.800. The molecule has 3 heterocycles. The Morgan fingerprint density at radius 2 is 2.21 bits per heavy atom. The van der Waals surface area contributed by atoms with Crippen LogP contribution < -0.4 is 0 Å². The molecule has 1 saturated heterocycles. The van der Waals surface area contributed by atoms with E-state index in [1.54, 1.807) is 0 Å². The Morgan fingerprint density at radius 3 is 2.71 bits per heavy atom. The molecule has 0 N–H and O–H groups in total. The second kappa shape index (κ2) is 4.19. The van der Waals surface area contributed by atoms with Crippen LogP contribution in [0.15, 0.2) is 12.4 Å². The summed E-state index contributed by atoms with van der Waals surface area (Å²) in [6, 6.07) is 0. The van der Waals surface area contributed by atoms with Gasteiger partial charge in [-0.3, -0.25) is 0 Å². The Balaban J connectivity index is 1.74. The van der Waals surface area contributed by atoms with Crippen molar-refractivity contribution in [1.82, 2.24) is 14.7 Å². The zero-order valence-electron chi connectivity index (χ0n) is 9.02. The number of hydrogen-bond acceptors (Lipinski definition) is 4. The third-order valence-electron chi connectivity index (χ3n) is 2.72. The zero-order valence-corrected chi connectivity index (χ0v) is 9.02. The highest BCUT2D eigenvalue weighted by Crippen LogP contribution is 2.17. The standard InChI is InChI=1S/C10H19N3O/c1-11(2)7-8-14-10-9-12-3-5-13(10)6-4-12/h3,5,10H,4,6-9H2,1-2H3. The highest BCUT2D eigenvalue weighted by atomic mass is 16.5. The van der Waals surface area contributed by atoms with Crippen LogP contribution in [-0.2, 0) is 4.74 Å². The van der Waals surface area contributed by atoms with Crippen LogP contribution in [0.5, 0.6) is 0 Å². The number of likely N-dealkylation sites (N-methyl/N-ethyl adjacent to an activating group) is 1. The van der Waals surface area contributed by atoms with Crippen molar-refractivity contribution in [3.63, 3.8) is 0 Å². The highest BCUT2D eigenvalue weighted by Gasteiger charge is 2.27. The van der Waals surface area contributed by atoms with Crippen LogP contribution in [0.4, 0.5) is 0 Å². The molecule has 3 rings (SSSR count). The quantitative estimate of drug-likeness (QED) is 0.631. The van der Waals surface area contributed by atoms with Gasteiger partial charge < -0.3 is 19.4 Å². The van der Waals surface area contributed by atoms with E-state index < -0.39 is 0 Å². The lowest BCUT2D eigenvalue weighted by Crippen LogP contribution is -2.54. The van der Waals surface area contributed by atoms with E-state index in [1.807, 2.05) is 0 Å². The minimum atomic E-state index is 0.272. The van der Waals surface area contributed by atoms with Crippen LogP contribution in [0.1, 0.15) is 0 Å². The maximum absolute atomic E-state index is 5.82. The predicted molar refractivity (Wildman–Crippen MR) is 55.7 cm³/mol. The van der Waals surface area contributed by atoms with E-state index in [4.69, 9.17) is 4.74 Å². The summed E-state index contributed by atoms with van der Waals surface area (Å²) in [5.74, 6) is 0. The van der Waals surface area contributed by atoms with Gasteiger partial charge in [0.1, 0.15) is 6.23 Å². The van der Waals surface area contributed by atoms with Crippen LogP contribution in [0, 0.1) is 0 Å². The highest BCUT2D eigenvalue weighted by molar-refractivity contribution is 4.97. The van der Waals surface area contributed by atoms with E-state index >= 15 is 0 Å². The zero-order chi connectivity index (χ0) is 9.97. The van der Waals surface area contributed by atoms with Crippen LogP contribution in [-0.4, -0.2) is 67.8 Å². The average molecular weight is 197 g/mol. The molecule has 1 fully saturated rings. The fourth-order valence-corrected chi connectivity index (χ4v) is 1.79. The number of rotatable bonds is 4. The summed E-state index contributed by atoms with van der Waals surface area (Å²) in [7, 11) is 4.14. The monoisotopic (exact) mass is 197 g/mol. The molecule has 0 aromatic carbocycles. The minimum Gasteiger partial charge on any atom is -0.370 e. The van der Waals surface area contributed by atoms with Gasteiger partial charge >= 0.3 is 0 Å². The summed E-state index contributed by atoms with van der Waals surface area (Å²) in [6.07, 6.45) is 4.55. The van der Waals surface area contributed by atoms with Crippen LogP contribution in [0.2, 0.25) is 0 Å². The van der Waals surface area contributed by atoms with Crippen molar-refractivity contribution in [2.45, 2.75) is 6.23 Å². The van der Waals surface area contributed by atoms with Crippen molar-refractivity contribution in [3.8, 4) is 0 Å². The predicted octanol–water partition coefficient (Wildman–Crippen LogP) is -0.00690. The molecular weight excluding hydrogens is 178 g/mol. The lowest BCUT2D eigenvalue weighted by atomic mass is 10.2. The summed E-state index contributed by atoms with van der Waals surface area (Å²) >= 11 is 0. The first-order valence-electron chi connectivity index (χ1n) is 5.20. The molecule has 0 radical (unpaired) electrons. The molecule has 0 saturated carbocycles. The van der Waals surface area contributed by atoms with Gasteiger partial charge in [-0.15, -0.1) is 0 Å². The van der Waals surface area contributed by atoms with Crippen LogP contribution >= 0.6 is 0 Å². The average Bonchev–Trinajstić information content (AvgIpc) is 2.19. The summed E-state index contributed by atoms with van der Waals surface area (Å²) in [5, 5.41) is 0. The molecule has 0 aromatic heterocycles. The topological polar surface area (TPSA) is 19.0 Å². The van der Waals surface area contributed by atoms with Crippen molar-refractivity contribution >= 4 is 0 Å². The van der Waals surface area contributed by atoms with E-state index in [0.29, 0.717) is 0 Å². The Kier molecular flexibility index (Phi) is 2.93. The molecule has 0 spiro atoms.